The van der Waals surface area contributed by atoms with Crippen LogP contribution in [-0.4, -0.2) is 12.0 Å². The Balaban J connectivity index is 0. The number of hydrogen-bond acceptors (Lipinski definition) is 2. The van der Waals surface area contributed by atoms with Gasteiger partial charge in [-0.15, -0.1) is 5.92 Å². The molecule has 1 unspecified atom stereocenters. The maximum absolute atomic E-state index is 9.79. The number of hydrogen-bond donors (Lipinski definition) is 1. The summed E-state index contributed by atoms with van der Waals surface area (Å²) >= 11 is 3.91. The predicted molar refractivity (Wildman–Crippen MR) is 33.3 cm³/mol. The van der Waals surface area contributed by atoms with E-state index in [4.69, 9.17) is 0 Å². The summed E-state index contributed by atoms with van der Waals surface area (Å²) in [6.45, 7) is 1.95. The molecule has 0 saturated heterocycles. The van der Waals surface area contributed by atoms with E-state index in [-0.39, 0.29) is 38.6 Å². The van der Waals surface area contributed by atoms with Gasteiger partial charge < -0.3 is 4.79 Å². The fraction of sp³-hybridized carbons (Fsp3) is 0.800. The zero-order valence-electron chi connectivity index (χ0n) is 4.92. The van der Waals surface area contributed by atoms with Crippen molar-refractivity contribution in [1.29, 1.82) is 0 Å². The Morgan fingerprint density at radius 3 is 2.25 bits per heavy atom. The largest absolute Gasteiger partial charge is 0.541 e. The molecule has 0 aromatic heterocycles. The van der Waals surface area contributed by atoms with Crippen LogP contribution in [0.3, 0.4) is 0 Å². The number of thiol groups is 1. The predicted octanol–water partition coefficient (Wildman–Crippen LogP) is 1.05. The van der Waals surface area contributed by atoms with E-state index < -0.39 is 0 Å². The first kappa shape index (κ1) is 11.9. The standard InChI is InChI=1S/C5H9OS.Y/c1-2-5(3-6)4-7;/h5,7H,2,4H2,1H3;/q-1;. The van der Waals surface area contributed by atoms with E-state index in [1.807, 2.05) is 13.2 Å². The summed E-state index contributed by atoms with van der Waals surface area (Å²) in [7, 11) is 0. The molecule has 3 heteroatoms. The first-order chi connectivity index (χ1) is 3.35. The third kappa shape index (κ3) is 5.26. The smallest absolute Gasteiger partial charge is 0 e. The van der Waals surface area contributed by atoms with Gasteiger partial charge in [0.2, 0.25) is 0 Å². The molecule has 0 fully saturated rings. The second-order valence-electron chi connectivity index (χ2n) is 1.41. The molecule has 1 radical (unpaired) electrons. The molecule has 0 aliphatic heterocycles. The number of rotatable bonds is 3. The molecule has 45 valence electrons. The van der Waals surface area contributed by atoms with Crippen LogP contribution in [-0.2, 0) is 37.5 Å². The van der Waals surface area contributed by atoms with Crippen LogP contribution in [0.5, 0.6) is 0 Å². The molecule has 1 atom stereocenters. The Morgan fingerprint density at radius 2 is 2.25 bits per heavy atom. The van der Waals surface area contributed by atoms with Crippen molar-refractivity contribution in [1.82, 2.24) is 0 Å². The monoisotopic (exact) mass is 206 g/mol. The third-order valence-electron chi connectivity index (χ3n) is 0.880. The van der Waals surface area contributed by atoms with Crippen molar-refractivity contribution in [3.8, 4) is 0 Å². The van der Waals surface area contributed by atoms with Crippen LogP contribution < -0.4 is 0 Å². The molecule has 0 N–H and O–H groups in total. The van der Waals surface area contributed by atoms with Gasteiger partial charge in [0.1, 0.15) is 0 Å². The zero-order valence-corrected chi connectivity index (χ0v) is 8.66. The van der Waals surface area contributed by atoms with Crippen LogP contribution in [0.2, 0.25) is 0 Å². The van der Waals surface area contributed by atoms with E-state index in [0.717, 1.165) is 6.42 Å². The van der Waals surface area contributed by atoms with Crippen LogP contribution in [0, 0.1) is 5.92 Å². The van der Waals surface area contributed by atoms with E-state index in [1.165, 1.54) is 0 Å². The minimum absolute atomic E-state index is 0. The summed E-state index contributed by atoms with van der Waals surface area (Å²) in [4.78, 5) is 9.79. The molecule has 0 saturated carbocycles. The summed E-state index contributed by atoms with van der Waals surface area (Å²) in [5.74, 6) is 0.670. The second-order valence-corrected chi connectivity index (χ2v) is 1.77. The van der Waals surface area contributed by atoms with Gasteiger partial charge in [0.05, 0.1) is 0 Å². The molecule has 1 nitrogen and oxygen atoms in total. The molecule has 0 aliphatic rings. The van der Waals surface area contributed by atoms with E-state index in [0.29, 0.717) is 5.75 Å². The van der Waals surface area contributed by atoms with Crippen molar-refractivity contribution in [3.63, 3.8) is 0 Å². The normalized spacial score (nSPS) is 11.8. The van der Waals surface area contributed by atoms with Crippen molar-refractivity contribution in [2.24, 2.45) is 5.92 Å². The third-order valence-corrected chi connectivity index (χ3v) is 1.32. The number of carbonyl (C=O) groups excluding carboxylic acids is 1. The SMILES string of the molecule is CCC([C-]=O)CS.[Y]. The Hall–Kier alpha value is 1.12. The van der Waals surface area contributed by atoms with Gasteiger partial charge in [-0.25, -0.2) is 0 Å². The molecule has 0 bridgehead atoms. The van der Waals surface area contributed by atoms with Crippen LogP contribution in [0.25, 0.3) is 0 Å². The molecular formula is C5H9OSY-. The summed E-state index contributed by atoms with van der Waals surface area (Å²) in [5.41, 5.74) is 0. The van der Waals surface area contributed by atoms with Crippen molar-refractivity contribution >= 4 is 18.9 Å². The first-order valence-corrected chi connectivity index (χ1v) is 2.97. The molecule has 0 rings (SSSR count). The van der Waals surface area contributed by atoms with Gasteiger partial charge in [0, 0.05) is 32.7 Å². The van der Waals surface area contributed by atoms with Gasteiger partial charge in [-0.3, -0.25) is 6.29 Å². The van der Waals surface area contributed by atoms with Crippen molar-refractivity contribution < 1.29 is 37.5 Å². The summed E-state index contributed by atoms with van der Waals surface area (Å²) < 4.78 is 0. The maximum Gasteiger partial charge on any atom is 0 e. The minimum atomic E-state index is 0. The molecule has 0 aromatic rings. The molecule has 0 amide bonds. The fourth-order valence-electron chi connectivity index (χ4n) is 0.250. The van der Waals surface area contributed by atoms with E-state index in [2.05, 4.69) is 12.6 Å². The van der Waals surface area contributed by atoms with E-state index in [9.17, 15) is 4.79 Å². The summed E-state index contributed by atoms with van der Waals surface area (Å²) in [5, 5.41) is 0. The molecule has 0 aliphatic carbocycles. The summed E-state index contributed by atoms with van der Waals surface area (Å²) in [6, 6.07) is 0. The Bertz CT molecular complexity index is 54.4. The quantitative estimate of drug-likeness (QED) is 0.539. The second kappa shape index (κ2) is 8.12. The van der Waals surface area contributed by atoms with Gasteiger partial charge in [0.25, 0.3) is 0 Å². The van der Waals surface area contributed by atoms with Crippen molar-refractivity contribution in [2.45, 2.75) is 13.3 Å². The van der Waals surface area contributed by atoms with Crippen LogP contribution in [0.15, 0.2) is 0 Å². The minimum Gasteiger partial charge on any atom is -0.541 e. The Labute approximate surface area is 80.9 Å². The molecule has 0 aromatic carbocycles. The van der Waals surface area contributed by atoms with Crippen molar-refractivity contribution in [2.75, 3.05) is 5.75 Å². The van der Waals surface area contributed by atoms with Crippen molar-refractivity contribution in [3.05, 3.63) is 0 Å². The average Bonchev–Trinajstić information content (AvgIpc) is 1.72. The van der Waals surface area contributed by atoms with Crippen LogP contribution >= 0.6 is 12.6 Å². The average molecular weight is 206 g/mol. The maximum atomic E-state index is 9.79. The van der Waals surface area contributed by atoms with Gasteiger partial charge in [0.15, 0.2) is 0 Å². The van der Waals surface area contributed by atoms with Gasteiger partial charge in [-0.2, -0.15) is 12.6 Å². The zero-order chi connectivity index (χ0) is 5.70. The molecule has 8 heavy (non-hydrogen) atoms. The van der Waals surface area contributed by atoms with Gasteiger partial charge in [-0.05, 0) is 5.75 Å². The Morgan fingerprint density at radius 1 is 1.75 bits per heavy atom. The van der Waals surface area contributed by atoms with Gasteiger partial charge in [-0.1, -0.05) is 13.3 Å². The van der Waals surface area contributed by atoms with Gasteiger partial charge >= 0.3 is 0 Å². The first-order valence-electron chi connectivity index (χ1n) is 2.33. The topological polar surface area (TPSA) is 17.1 Å². The Kier molecular flexibility index (Phi) is 12.0. The van der Waals surface area contributed by atoms with E-state index in [1.54, 1.807) is 0 Å². The molecule has 0 heterocycles. The van der Waals surface area contributed by atoms with Crippen LogP contribution in [0.1, 0.15) is 13.3 Å². The van der Waals surface area contributed by atoms with Crippen LogP contribution in [0.4, 0.5) is 0 Å². The summed E-state index contributed by atoms with van der Waals surface area (Å²) in [6.07, 6.45) is 2.73. The van der Waals surface area contributed by atoms with E-state index >= 15 is 0 Å². The molecule has 0 spiro atoms. The molecular weight excluding hydrogens is 197 g/mol. The fourth-order valence-corrected chi connectivity index (χ4v) is 0.582.